The third-order valence-corrected chi connectivity index (χ3v) is 9.69. The number of ether oxygens (including phenoxy) is 1. The average molecular weight is 359 g/mol. The van der Waals surface area contributed by atoms with Crippen LogP contribution in [0, 0.1) is 0 Å². The van der Waals surface area contributed by atoms with Crippen LogP contribution in [0.4, 0.5) is 4.79 Å². The van der Waals surface area contributed by atoms with Gasteiger partial charge in [0.05, 0.1) is 12.1 Å². The van der Waals surface area contributed by atoms with Crippen molar-refractivity contribution in [2.24, 2.45) is 5.73 Å². The first kappa shape index (κ1) is 21.4. The molecule has 1 saturated heterocycles. The lowest BCUT2D eigenvalue weighted by Crippen LogP contribution is -2.55. The van der Waals surface area contributed by atoms with Gasteiger partial charge < -0.3 is 19.8 Å². The Labute approximate surface area is 149 Å². The van der Waals surface area contributed by atoms with Gasteiger partial charge in [0, 0.05) is 12.6 Å². The first-order chi connectivity index (χ1) is 10.7. The molecule has 1 aliphatic heterocycles. The molecule has 1 fully saturated rings. The Morgan fingerprint density at radius 3 is 2.21 bits per heavy atom. The maximum atomic E-state index is 12.6. The lowest BCUT2D eigenvalue weighted by atomic mass is 10.0. The predicted molar refractivity (Wildman–Crippen MR) is 102 cm³/mol. The van der Waals surface area contributed by atoms with Crippen molar-refractivity contribution in [3.8, 4) is 0 Å². The van der Waals surface area contributed by atoms with Crippen molar-refractivity contribution in [3.05, 3.63) is 0 Å². The molecule has 2 N–H and O–H groups in total. The van der Waals surface area contributed by atoms with E-state index in [-0.39, 0.29) is 29.3 Å². The zero-order valence-corrected chi connectivity index (χ0v) is 18.1. The molecular weight excluding hydrogens is 320 g/mol. The number of hydrogen-bond acceptors (Lipinski definition) is 4. The van der Waals surface area contributed by atoms with Crippen molar-refractivity contribution in [1.29, 1.82) is 0 Å². The van der Waals surface area contributed by atoms with Gasteiger partial charge in [-0.1, -0.05) is 27.7 Å². The molecule has 0 aliphatic carbocycles. The molecular formula is C18H38N2O3Si. The highest BCUT2D eigenvalue weighted by Gasteiger charge is 2.47. The fourth-order valence-electron chi connectivity index (χ4n) is 2.75. The summed E-state index contributed by atoms with van der Waals surface area (Å²) in [6.45, 7) is 19.6. The van der Waals surface area contributed by atoms with Gasteiger partial charge in [-0.2, -0.15) is 0 Å². The summed E-state index contributed by atoms with van der Waals surface area (Å²) in [6, 6.07) is -0.214. The Bertz CT molecular complexity index is 441. The first-order valence-corrected chi connectivity index (χ1v) is 12.0. The summed E-state index contributed by atoms with van der Waals surface area (Å²) in [5.41, 5.74) is 5.87. The molecule has 6 heteroatoms. The molecule has 24 heavy (non-hydrogen) atoms. The molecule has 0 radical (unpaired) electrons. The standard InChI is InChI=1S/C18H38N2O3Si/c1-10-13(19)15-14(23-24(8,9)18(5,6)7)11-12-20(15)16(21)22-17(2,3)4/h13-15H,10-12,19H2,1-9H3/t13-,14+,15-/m1/s1. The van der Waals surface area contributed by atoms with E-state index in [1.165, 1.54) is 0 Å². The number of rotatable bonds is 4. The van der Waals surface area contributed by atoms with Crippen LogP contribution in [0.2, 0.25) is 18.1 Å². The second-order valence-corrected chi connectivity index (χ2v) is 14.2. The van der Waals surface area contributed by atoms with E-state index >= 15 is 0 Å². The van der Waals surface area contributed by atoms with Gasteiger partial charge in [0.25, 0.3) is 0 Å². The fourth-order valence-corrected chi connectivity index (χ4v) is 4.12. The van der Waals surface area contributed by atoms with Crippen LogP contribution < -0.4 is 5.73 Å². The molecule has 142 valence electrons. The second-order valence-electron chi connectivity index (χ2n) is 9.44. The predicted octanol–water partition coefficient (Wildman–Crippen LogP) is 4.12. The SMILES string of the molecule is CC[C@@H](N)[C@@H]1[C@@H](O[Si](C)(C)C(C)(C)C)CCN1C(=O)OC(C)(C)C. The van der Waals surface area contributed by atoms with E-state index in [9.17, 15) is 4.79 Å². The number of amides is 1. The summed E-state index contributed by atoms with van der Waals surface area (Å²) in [5, 5.41) is 0.132. The fraction of sp³-hybridized carbons (Fsp3) is 0.944. The van der Waals surface area contributed by atoms with Crippen molar-refractivity contribution < 1.29 is 14.0 Å². The number of nitrogens with two attached hydrogens (primary N) is 1. The van der Waals surface area contributed by atoms with Crippen molar-refractivity contribution in [3.63, 3.8) is 0 Å². The lowest BCUT2D eigenvalue weighted by molar-refractivity contribution is 0.0129. The van der Waals surface area contributed by atoms with Crippen LogP contribution in [0.5, 0.6) is 0 Å². The van der Waals surface area contributed by atoms with Crippen LogP contribution in [0.1, 0.15) is 61.3 Å². The highest BCUT2D eigenvalue weighted by Crippen LogP contribution is 2.39. The minimum absolute atomic E-state index is 0.00615. The largest absolute Gasteiger partial charge is 0.444 e. The van der Waals surface area contributed by atoms with Crippen molar-refractivity contribution in [1.82, 2.24) is 4.90 Å². The Balaban J connectivity index is 2.98. The second kappa shape index (κ2) is 7.34. The van der Waals surface area contributed by atoms with Gasteiger partial charge in [-0.3, -0.25) is 0 Å². The lowest BCUT2D eigenvalue weighted by Gasteiger charge is -2.41. The van der Waals surface area contributed by atoms with Gasteiger partial charge in [0.1, 0.15) is 5.60 Å². The number of carbonyl (C=O) groups is 1. The van der Waals surface area contributed by atoms with Gasteiger partial charge >= 0.3 is 6.09 Å². The highest BCUT2D eigenvalue weighted by molar-refractivity contribution is 6.74. The van der Waals surface area contributed by atoms with E-state index in [4.69, 9.17) is 14.9 Å². The highest BCUT2D eigenvalue weighted by atomic mass is 28.4. The maximum absolute atomic E-state index is 12.6. The van der Waals surface area contributed by atoms with Gasteiger partial charge in [0.2, 0.25) is 0 Å². The Morgan fingerprint density at radius 2 is 1.79 bits per heavy atom. The van der Waals surface area contributed by atoms with E-state index in [1.807, 2.05) is 20.8 Å². The molecule has 1 rings (SSSR count). The smallest absolute Gasteiger partial charge is 0.410 e. The summed E-state index contributed by atoms with van der Waals surface area (Å²) < 4.78 is 12.2. The van der Waals surface area contributed by atoms with Crippen molar-refractivity contribution >= 4 is 14.4 Å². The van der Waals surface area contributed by atoms with Crippen LogP contribution in [0.25, 0.3) is 0 Å². The minimum Gasteiger partial charge on any atom is -0.444 e. The van der Waals surface area contributed by atoms with Crippen LogP contribution >= 0.6 is 0 Å². The zero-order chi connectivity index (χ0) is 18.9. The van der Waals surface area contributed by atoms with E-state index in [0.717, 1.165) is 12.8 Å². The molecule has 0 aromatic carbocycles. The van der Waals surface area contributed by atoms with Crippen LogP contribution in [-0.4, -0.2) is 49.6 Å². The van der Waals surface area contributed by atoms with Gasteiger partial charge in [0.15, 0.2) is 8.32 Å². The van der Waals surface area contributed by atoms with Gasteiger partial charge in [-0.25, -0.2) is 4.79 Å². The molecule has 5 nitrogen and oxygen atoms in total. The first-order valence-electron chi connectivity index (χ1n) is 9.12. The van der Waals surface area contributed by atoms with Crippen molar-refractivity contribution in [2.75, 3.05) is 6.54 Å². The summed E-state index contributed by atoms with van der Waals surface area (Å²) in [6.07, 6.45) is 1.34. The molecule has 0 aromatic heterocycles. The zero-order valence-electron chi connectivity index (χ0n) is 17.1. The van der Waals surface area contributed by atoms with E-state index in [0.29, 0.717) is 6.54 Å². The van der Waals surface area contributed by atoms with Crippen molar-refractivity contribution in [2.45, 2.75) is 103 Å². The normalized spacial score (nSPS) is 24.2. The molecule has 0 unspecified atom stereocenters. The molecule has 3 atom stereocenters. The number of carbonyl (C=O) groups excluding carboxylic acids is 1. The van der Waals surface area contributed by atoms with E-state index < -0.39 is 13.9 Å². The number of nitrogens with zero attached hydrogens (tertiary/aromatic N) is 1. The molecule has 1 amide bonds. The van der Waals surface area contributed by atoms with Crippen LogP contribution in [0.15, 0.2) is 0 Å². The van der Waals surface area contributed by atoms with E-state index in [2.05, 4.69) is 40.8 Å². The third-order valence-electron chi connectivity index (χ3n) is 5.19. The minimum atomic E-state index is -1.92. The Morgan fingerprint density at radius 1 is 1.25 bits per heavy atom. The summed E-state index contributed by atoms with van der Waals surface area (Å²) >= 11 is 0. The molecule has 0 spiro atoms. The monoisotopic (exact) mass is 358 g/mol. The van der Waals surface area contributed by atoms with Gasteiger partial charge in [-0.05, 0) is 51.7 Å². The number of likely N-dealkylation sites (tertiary alicyclic amines) is 1. The van der Waals surface area contributed by atoms with Crippen LogP contribution in [-0.2, 0) is 9.16 Å². The topological polar surface area (TPSA) is 64.8 Å². The third kappa shape index (κ3) is 5.20. The summed E-state index contributed by atoms with van der Waals surface area (Å²) in [7, 11) is -1.92. The molecule has 0 saturated carbocycles. The molecule has 1 heterocycles. The summed E-state index contributed by atoms with van der Waals surface area (Å²) in [5.74, 6) is 0. The maximum Gasteiger partial charge on any atom is 0.410 e. The molecule has 0 aromatic rings. The quantitative estimate of drug-likeness (QED) is 0.768. The number of hydrogen-bond donors (Lipinski definition) is 1. The Hall–Kier alpha value is -0.593. The average Bonchev–Trinajstić information content (AvgIpc) is 2.77. The van der Waals surface area contributed by atoms with E-state index in [1.54, 1.807) is 4.90 Å². The summed E-state index contributed by atoms with van der Waals surface area (Å²) in [4.78, 5) is 14.4. The molecule has 0 bridgehead atoms. The Kier molecular flexibility index (Phi) is 6.56. The molecule has 1 aliphatic rings. The van der Waals surface area contributed by atoms with Gasteiger partial charge in [-0.15, -0.1) is 0 Å². The van der Waals surface area contributed by atoms with Crippen LogP contribution in [0.3, 0.4) is 0 Å².